The van der Waals surface area contributed by atoms with E-state index in [2.05, 4.69) is 0 Å². The zero-order chi connectivity index (χ0) is 14.0. The number of phenolic OH excluding ortho intramolecular Hbond substituents is 1. The predicted octanol–water partition coefficient (Wildman–Crippen LogP) is 1.23. The molecule has 5 heteroatoms. The molecule has 1 atom stereocenters. The molecule has 0 saturated carbocycles. The maximum Gasteiger partial charge on any atom is 0.320 e. The molecule has 2 rings (SSSR count). The lowest BCUT2D eigenvalue weighted by Crippen LogP contribution is -2.32. The van der Waals surface area contributed by atoms with Gasteiger partial charge in [-0.05, 0) is 37.3 Å². The number of aliphatic carboxylic acids is 1. The molecule has 19 heavy (non-hydrogen) atoms. The summed E-state index contributed by atoms with van der Waals surface area (Å²) in [7, 11) is 1.59. The second kappa shape index (κ2) is 5.48. The van der Waals surface area contributed by atoms with Crippen molar-refractivity contribution in [1.29, 1.82) is 0 Å². The Hall–Kier alpha value is -1.75. The normalized spacial score (nSPS) is 15.7. The highest BCUT2D eigenvalue weighted by Gasteiger charge is 2.23. The number of rotatable bonds is 4. The number of fused-ring (bicyclic) bond motifs is 1. The monoisotopic (exact) mass is 265 g/mol. The van der Waals surface area contributed by atoms with Crippen molar-refractivity contribution in [2.75, 3.05) is 7.11 Å². The molecule has 1 unspecified atom stereocenters. The number of carboxylic acid groups (broad SMARTS) is 1. The predicted molar refractivity (Wildman–Crippen MR) is 70.6 cm³/mol. The van der Waals surface area contributed by atoms with Crippen molar-refractivity contribution in [2.24, 2.45) is 5.73 Å². The van der Waals surface area contributed by atoms with Crippen molar-refractivity contribution in [1.82, 2.24) is 0 Å². The Morgan fingerprint density at radius 1 is 1.42 bits per heavy atom. The Morgan fingerprint density at radius 3 is 2.63 bits per heavy atom. The number of hydrogen-bond donors (Lipinski definition) is 3. The second-order valence-corrected chi connectivity index (χ2v) is 4.90. The summed E-state index contributed by atoms with van der Waals surface area (Å²) in [5.74, 6) is -0.164. The van der Waals surface area contributed by atoms with Crippen molar-refractivity contribution in [3.63, 3.8) is 0 Å². The number of nitrogens with two attached hydrogens (primary N) is 1. The first-order chi connectivity index (χ1) is 9.04. The number of methoxy groups -OCH3 is 1. The summed E-state index contributed by atoms with van der Waals surface area (Å²) in [6, 6.07) is 0.694. The zero-order valence-corrected chi connectivity index (χ0v) is 11.0. The lowest BCUT2D eigenvalue weighted by molar-refractivity contribution is -0.138. The van der Waals surface area contributed by atoms with E-state index >= 15 is 0 Å². The van der Waals surface area contributed by atoms with Crippen LogP contribution in [0.25, 0.3) is 0 Å². The van der Waals surface area contributed by atoms with E-state index in [-0.39, 0.29) is 12.2 Å². The van der Waals surface area contributed by atoms with Gasteiger partial charge in [0.1, 0.15) is 17.5 Å². The van der Waals surface area contributed by atoms with E-state index in [9.17, 15) is 9.90 Å². The highest BCUT2D eigenvalue weighted by Crippen LogP contribution is 2.38. The average molecular weight is 265 g/mol. The third-order valence-electron chi connectivity index (χ3n) is 3.64. The third-order valence-corrected chi connectivity index (χ3v) is 3.64. The number of carbonyl (C=O) groups is 1. The maximum absolute atomic E-state index is 10.8. The smallest absolute Gasteiger partial charge is 0.320 e. The topological polar surface area (TPSA) is 92.8 Å². The molecule has 0 aliphatic heterocycles. The summed E-state index contributed by atoms with van der Waals surface area (Å²) in [4.78, 5) is 10.8. The van der Waals surface area contributed by atoms with E-state index in [1.165, 1.54) is 0 Å². The van der Waals surface area contributed by atoms with E-state index in [1.807, 2.05) is 0 Å². The molecule has 1 aromatic carbocycles. The molecular weight excluding hydrogens is 246 g/mol. The average Bonchev–Trinajstić information content (AvgIpc) is 2.41. The Balaban J connectivity index is 2.42. The van der Waals surface area contributed by atoms with Crippen molar-refractivity contribution in [3.8, 4) is 11.5 Å². The van der Waals surface area contributed by atoms with E-state index in [4.69, 9.17) is 15.6 Å². The minimum Gasteiger partial charge on any atom is -0.507 e. The summed E-state index contributed by atoms with van der Waals surface area (Å²) in [5, 5.41) is 19.1. The molecular formula is C14H19NO4. The molecule has 0 aromatic heterocycles. The summed E-state index contributed by atoms with van der Waals surface area (Å²) >= 11 is 0. The van der Waals surface area contributed by atoms with Crippen molar-refractivity contribution >= 4 is 5.97 Å². The van der Waals surface area contributed by atoms with Gasteiger partial charge in [-0.2, -0.15) is 0 Å². The first-order valence-corrected chi connectivity index (χ1v) is 6.43. The largest absolute Gasteiger partial charge is 0.507 e. The molecule has 0 fully saturated rings. The standard InChI is InChI=1S/C14H19NO4/c1-19-12-7-8(6-11(15)14(17)18)13(16)10-5-3-2-4-9(10)12/h7,11,16H,2-6,15H2,1H3,(H,17,18). The number of benzene rings is 1. The molecule has 104 valence electrons. The molecule has 0 spiro atoms. The highest BCUT2D eigenvalue weighted by molar-refractivity contribution is 5.74. The Bertz CT molecular complexity index is 499. The van der Waals surface area contributed by atoms with Crippen molar-refractivity contribution in [2.45, 2.75) is 38.1 Å². The summed E-state index contributed by atoms with van der Waals surface area (Å²) < 4.78 is 5.35. The van der Waals surface area contributed by atoms with E-state index in [0.717, 1.165) is 42.6 Å². The Morgan fingerprint density at radius 2 is 2.05 bits per heavy atom. The molecule has 1 aliphatic carbocycles. The maximum atomic E-state index is 10.8. The fourth-order valence-corrected chi connectivity index (χ4v) is 2.61. The quantitative estimate of drug-likeness (QED) is 0.761. The molecule has 0 saturated heterocycles. The van der Waals surface area contributed by atoms with Crippen LogP contribution in [0.1, 0.15) is 29.5 Å². The van der Waals surface area contributed by atoms with Gasteiger partial charge in [0.05, 0.1) is 7.11 Å². The number of phenols is 1. The van der Waals surface area contributed by atoms with Crippen LogP contribution in [0.15, 0.2) is 6.07 Å². The van der Waals surface area contributed by atoms with Gasteiger partial charge in [-0.15, -0.1) is 0 Å². The van der Waals surface area contributed by atoms with Gasteiger partial charge >= 0.3 is 5.97 Å². The van der Waals surface area contributed by atoms with Crippen LogP contribution in [0.3, 0.4) is 0 Å². The van der Waals surface area contributed by atoms with Gasteiger partial charge in [0.15, 0.2) is 0 Å². The molecule has 1 aromatic rings. The van der Waals surface area contributed by atoms with Crippen molar-refractivity contribution < 1.29 is 19.7 Å². The first-order valence-electron chi connectivity index (χ1n) is 6.43. The lowest BCUT2D eigenvalue weighted by Gasteiger charge is -2.22. The van der Waals surface area contributed by atoms with Crippen LogP contribution < -0.4 is 10.5 Å². The summed E-state index contributed by atoms with van der Waals surface area (Å²) in [5.41, 5.74) is 8.01. The lowest BCUT2D eigenvalue weighted by atomic mass is 9.87. The molecule has 0 heterocycles. The number of ether oxygens (including phenoxy) is 1. The van der Waals surface area contributed by atoms with Gasteiger partial charge in [-0.1, -0.05) is 0 Å². The Labute approximate surface area is 112 Å². The minimum absolute atomic E-state index is 0.102. The van der Waals surface area contributed by atoms with Crippen LogP contribution in [0, 0.1) is 0 Å². The fraction of sp³-hybridized carbons (Fsp3) is 0.500. The molecule has 0 radical (unpaired) electrons. The van der Waals surface area contributed by atoms with Crippen LogP contribution >= 0.6 is 0 Å². The zero-order valence-electron chi connectivity index (χ0n) is 11.0. The molecule has 1 aliphatic rings. The molecule has 5 nitrogen and oxygen atoms in total. The third kappa shape index (κ3) is 2.66. The molecule has 0 bridgehead atoms. The fourth-order valence-electron chi connectivity index (χ4n) is 2.61. The summed E-state index contributed by atoms with van der Waals surface area (Å²) in [6.07, 6.45) is 3.89. The number of hydrogen-bond acceptors (Lipinski definition) is 4. The van der Waals surface area contributed by atoms with Gasteiger partial charge in [0.25, 0.3) is 0 Å². The molecule has 0 amide bonds. The summed E-state index contributed by atoms with van der Waals surface area (Å²) in [6.45, 7) is 0. The van der Waals surface area contributed by atoms with Gasteiger partial charge in [-0.3, -0.25) is 4.79 Å². The van der Waals surface area contributed by atoms with Crippen molar-refractivity contribution in [3.05, 3.63) is 22.8 Å². The van der Waals surface area contributed by atoms with Crippen LogP contribution in [0.5, 0.6) is 11.5 Å². The number of aromatic hydroxyl groups is 1. The van der Waals surface area contributed by atoms with Crippen LogP contribution in [0.2, 0.25) is 0 Å². The van der Waals surface area contributed by atoms with Crippen LogP contribution in [-0.4, -0.2) is 29.3 Å². The van der Waals surface area contributed by atoms with Crippen LogP contribution in [0.4, 0.5) is 0 Å². The van der Waals surface area contributed by atoms with Gasteiger partial charge < -0.3 is 20.7 Å². The van der Waals surface area contributed by atoms with E-state index in [1.54, 1.807) is 13.2 Å². The number of carboxylic acids is 1. The first kappa shape index (κ1) is 13.7. The van der Waals surface area contributed by atoms with Gasteiger partial charge in [0.2, 0.25) is 0 Å². The van der Waals surface area contributed by atoms with Gasteiger partial charge in [0, 0.05) is 17.5 Å². The van der Waals surface area contributed by atoms with Crippen LogP contribution in [-0.2, 0) is 24.1 Å². The molecule has 4 N–H and O–H groups in total. The van der Waals surface area contributed by atoms with E-state index in [0.29, 0.717) is 5.56 Å². The minimum atomic E-state index is -1.07. The SMILES string of the molecule is COc1cc(CC(N)C(=O)O)c(O)c2c1CCCC2. The Kier molecular flexibility index (Phi) is 3.95. The van der Waals surface area contributed by atoms with E-state index < -0.39 is 12.0 Å². The highest BCUT2D eigenvalue weighted by atomic mass is 16.5. The second-order valence-electron chi connectivity index (χ2n) is 4.90. The van der Waals surface area contributed by atoms with Gasteiger partial charge in [-0.25, -0.2) is 0 Å².